The van der Waals surface area contributed by atoms with E-state index in [4.69, 9.17) is 13.8 Å². The molecule has 5 nitrogen and oxygen atoms in total. The molecule has 0 bridgehead atoms. The highest BCUT2D eigenvalue weighted by Gasteiger charge is 2.29. The Bertz CT molecular complexity index is 432. The molecule has 0 aromatic heterocycles. The van der Waals surface area contributed by atoms with Crippen molar-refractivity contribution in [2.45, 2.75) is 20.5 Å². The third-order valence-electron chi connectivity index (χ3n) is 2.22. The second-order valence-electron chi connectivity index (χ2n) is 3.75. The molecule has 106 valence electrons. The van der Waals surface area contributed by atoms with Crippen molar-refractivity contribution >= 4 is 13.6 Å². The Kier molecular flexibility index (Phi) is 6.78. The number of ether oxygens (including phenoxy) is 1. The van der Waals surface area contributed by atoms with Gasteiger partial charge in [0.2, 0.25) is 0 Å². The summed E-state index contributed by atoms with van der Waals surface area (Å²) in [7, 11) is -3.45. The molecule has 0 aliphatic rings. The monoisotopic (exact) mass is 286 g/mol. The van der Waals surface area contributed by atoms with Gasteiger partial charge in [0.1, 0.15) is 6.16 Å². The summed E-state index contributed by atoms with van der Waals surface area (Å²) in [4.78, 5) is 11.4. The predicted octanol–water partition coefficient (Wildman–Crippen LogP) is 3.00. The van der Waals surface area contributed by atoms with Gasteiger partial charge in [0.05, 0.1) is 19.8 Å². The van der Waals surface area contributed by atoms with Crippen LogP contribution in [0.4, 0.5) is 0 Å². The molecule has 1 unspecified atom stereocenters. The van der Waals surface area contributed by atoms with E-state index in [1.807, 2.05) is 30.3 Å². The zero-order valence-electron chi connectivity index (χ0n) is 11.2. The Morgan fingerprint density at radius 1 is 1.11 bits per heavy atom. The van der Waals surface area contributed by atoms with Crippen LogP contribution < -0.4 is 0 Å². The van der Waals surface area contributed by atoms with Crippen molar-refractivity contribution in [1.82, 2.24) is 0 Å². The topological polar surface area (TPSA) is 61.8 Å². The van der Waals surface area contributed by atoms with Crippen LogP contribution in [0.3, 0.4) is 0 Å². The minimum absolute atomic E-state index is 0.136. The Morgan fingerprint density at radius 2 is 1.79 bits per heavy atom. The molecule has 0 amide bonds. The molecule has 1 aromatic carbocycles. The molecule has 0 fully saturated rings. The number of rotatable bonds is 8. The van der Waals surface area contributed by atoms with Crippen molar-refractivity contribution in [3.63, 3.8) is 0 Å². The molecule has 0 saturated heterocycles. The SMILES string of the molecule is CCOC(=O)CP(=O)(OCC)OCc1ccccc1. The standard InChI is InChI=1S/C13H19O5P/c1-3-16-13(14)11-19(15,17-4-2)18-10-12-8-6-5-7-9-12/h5-9H,3-4,10-11H2,1-2H3. The molecule has 0 aliphatic carbocycles. The lowest BCUT2D eigenvalue weighted by Gasteiger charge is -2.17. The number of benzene rings is 1. The number of hydrogen-bond donors (Lipinski definition) is 0. The van der Waals surface area contributed by atoms with Crippen LogP contribution in [0.2, 0.25) is 0 Å². The predicted molar refractivity (Wildman–Crippen MR) is 72.0 cm³/mol. The van der Waals surface area contributed by atoms with E-state index < -0.39 is 13.6 Å². The molecular formula is C13H19O5P. The lowest BCUT2D eigenvalue weighted by atomic mass is 10.2. The number of carbonyl (C=O) groups is 1. The Hall–Kier alpha value is -1.16. The van der Waals surface area contributed by atoms with E-state index in [0.717, 1.165) is 5.56 Å². The minimum atomic E-state index is -3.45. The summed E-state index contributed by atoms with van der Waals surface area (Å²) in [5.74, 6) is -0.577. The van der Waals surface area contributed by atoms with Gasteiger partial charge in [-0.2, -0.15) is 0 Å². The van der Waals surface area contributed by atoms with Gasteiger partial charge in [0.15, 0.2) is 0 Å². The molecule has 0 radical (unpaired) electrons. The van der Waals surface area contributed by atoms with Gasteiger partial charge in [-0.05, 0) is 19.4 Å². The first-order valence-corrected chi connectivity index (χ1v) is 7.90. The van der Waals surface area contributed by atoms with Gasteiger partial charge in [0.25, 0.3) is 0 Å². The van der Waals surface area contributed by atoms with Gasteiger partial charge in [-0.3, -0.25) is 9.36 Å². The second-order valence-corrected chi connectivity index (χ2v) is 5.81. The Labute approximate surface area is 113 Å². The summed E-state index contributed by atoms with van der Waals surface area (Å²) < 4.78 is 27.5. The summed E-state index contributed by atoms with van der Waals surface area (Å²) in [6, 6.07) is 9.29. The molecule has 0 spiro atoms. The lowest BCUT2D eigenvalue weighted by Crippen LogP contribution is -2.13. The van der Waals surface area contributed by atoms with Gasteiger partial charge in [0, 0.05) is 0 Å². The lowest BCUT2D eigenvalue weighted by molar-refractivity contribution is -0.140. The average Bonchev–Trinajstić information content (AvgIpc) is 2.38. The molecule has 1 rings (SSSR count). The maximum Gasteiger partial charge on any atom is 0.342 e. The van der Waals surface area contributed by atoms with Crippen molar-refractivity contribution < 1.29 is 23.1 Å². The minimum Gasteiger partial charge on any atom is -0.466 e. The number of esters is 1. The van der Waals surface area contributed by atoms with Crippen LogP contribution in [-0.4, -0.2) is 25.3 Å². The van der Waals surface area contributed by atoms with E-state index in [0.29, 0.717) is 0 Å². The van der Waals surface area contributed by atoms with E-state index in [1.54, 1.807) is 13.8 Å². The first kappa shape index (κ1) is 15.9. The summed E-state index contributed by atoms with van der Waals surface area (Å²) in [6.45, 7) is 3.98. The molecule has 6 heteroatoms. The van der Waals surface area contributed by atoms with E-state index in [1.165, 1.54) is 0 Å². The van der Waals surface area contributed by atoms with Gasteiger partial charge >= 0.3 is 13.6 Å². The normalized spacial score (nSPS) is 13.8. The van der Waals surface area contributed by atoms with Crippen molar-refractivity contribution in [3.05, 3.63) is 35.9 Å². The first-order chi connectivity index (χ1) is 9.09. The molecule has 1 atom stereocenters. The first-order valence-electron chi connectivity index (χ1n) is 6.17. The fourth-order valence-corrected chi connectivity index (χ4v) is 2.84. The molecule has 1 aromatic rings. The second kappa shape index (κ2) is 8.10. The molecule has 0 N–H and O–H groups in total. The van der Waals surface area contributed by atoms with Crippen LogP contribution >= 0.6 is 7.60 Å². The largest absolute Gasteiger partial charge is 0.466 e. The zero-order chi connectivity index (χ0) is 14.1. The highest BCUT2D eigenvalue weighted by molar-refractivity contribution is 7.54. The van der Waals surface area contributed by atoms with E-state index >= 15 is 0 Å². The molecular weight excluding hydrogens is 267 g/mol. The fraction of sp³-hybridized carbons (Fsp3) is 0.462. The average molecular weight is 286 g/mol. The van der Waals surface area contributed by atoms with Crippen LogP contribution in [-0.2, 0) is 29.8 Å². The summed E-state index contributed by atoms with van der Waals surface area (Å²) in [5.41, 5.74) is 0.867. The number of carbonyl (C=O) groups excluding carboxylic acids is 1. The molecule has 0 saturated carbocycles. The molecule has 19 heavy (non-hydrogen) atoms. The molecule has 0 aliphatic heterocycles. The van der Waals surface area contributed by atoms with Gasteiger partial charge in [-0.1, -0.05) is 30.3 Å². The van der Waals surface area contributed by atoms with Crippen LogP contribution in [0.25, 0.3) is 0 Å². The Morgan fingerprint density at radius 3 is 2.37 bits per heavy atom. The van der Waals surface area contributed by atoms with Crippen molar-refractivity contribution in [2.75, 3.05) is 19.4 Å². The smallest absolute Gasteiger partial charge is 0.342 e. The summed E-state index contributed by atoms with van der Waals surface area (Å²) in [5, 5.41) is 0. The summed E-state index contributed by atoms with van der Waals surface area (Å²) >= 11 is 0. The maximum absolute atomic E-state index is 12.3. The number of hydrogen-bond acceptors (Lipinski definition) is 5. The maximum atomic E-state index is 12.3. The zero-order valence-corrected chi connectivity index (χ0v) is 12.1. The molecule has 0 heterocycles. The fourth-order valence-electron chi connectivity index (χ4n) is 1.44. The highest BCUT2D eigenvalue weighted by atomic mass is 31.2. The van der Waals surface area contributed by atoms with Crippen LogP contribution in [0.1, 0.15) is 19.4 Å². The van der Waals surface area contributed by atoms with E-state index in [9.17, 15) is 9.36 Å². The van der Waals surface area contributed by atoms with Crippen molar-refractivity contribution in [2.24, 2.45) is 0 Å². The van der Waals surface area contributed by atoms with Crippen LogP contribution in [0.15, 0.2) is 30.3 Å². The van der Waals surface area contributed by atoms with E-state index in [2.05, 4.69) is 0 Å². The van der Waals surface area contributed by atoms with E-state index in [-0.39, 0.29) is 26.0 Å². The van der Waals surface area contributed by atoms with Gasteiger partial charge in [-0.25, -0.2) is 0 Å². The van der Waals surface area contributed by atoms with Crippen molar-refractivity contribution in [1.29, 1.82) is 0 Å². The summed E-state index contributed by atoms with van der Waals surface area (Å²) in [6.07, 6.45) is -0.360. The third-order valence-corrected chi connectivity index (χ3v) is 4.04. The highest BCUT2D eigenvalue weighted by Crippen LogP contribution is 2.48. The Balaban J connectivity index is 2.60. The van der Waals surface area contributed by atoms with Crippen LogP contribution in [0.5, 0.6) is 0 Å². The van der Waals surface area contributed by atoms with Gasteiger partial charge in [-0.15, -0.1) is 0 Å². The third kappa shape index (κ3) is 6.01. The van der Waals surface area contributed by atoms with Crippen molar-refractivity contribution in [3.8, 4) is 0 Å². The van der Waals surface area contributed by atoms with Gasteiger partial charge < -0.3 is 13.8 Å². The quantitative estimate of drug-likeness (QED) is 0.543. The van der Waals surface area contributed by atoms with Crippen LogP contribution in [0, 0.1) is 0 Å².